The Labute approximate surface area is 96.5 Å². The second-order valence-electron chi connectivity index (χ2n) is 5.53. The zero-order valence-electron chi connectivity index (χ0n) is 10.7. The molecule has 0 aliphatic rings. The molecule has 0 N–H and O–H groups in total. The predicted octanol–water partition coefficient (Wildman–Crippen LogP) is 3.31. The fraction of sp³-hybridized carbons (Fsp3) is 0.538. The van der Waals surface area contributed by atoms with Crippen molar-refractivity contribution in [1.29, 1.82) is 0 Å². The Hall–Kier alpha value is -1.38. The molecule has 0 aliphatic heterocycles. The largest absolute Gasteiger partial charge is 0.242 e. The van der Waals surface area contributed by atoms with Crippen LogP contribution in [0.4, 0.5) is 0 Å². The number of nitrogens with zero attached hydrogens (tertiary/aromatic N) is 3. The van der Waals surface area contributed by atoms with Crippen molar-refractivity contribution in [3.63, 3.8) is 0 Å². The van der Waals surface area contributed by atoms with Crippen LogP contribution in [0.3, 0.4) is 0 Å². The molecular formula is C13H19N3. The SMILES string of the molecule is CC(C)c1ccc2cnn(C(C)(C)C)c2n1. The van der Waals surface area contributed by atoms with Gasteiger partial charge >= 0.3 is 0 Å². The van der Waals surface area contributed by atoms with Gasteiger partial charge in [-0.15, -0.1) is 0 Å². The van der Waals surface area contributed by atoms with Crippen LogP contribution in [0.25, 0.3) is 11.0 Å². The fourth-order valence-electron chi connectivity index (χ4n) is 1.73. The van der Waals surface area contributed by atoms with Crippen LogP contribution >= 0.6 is 0 Å². The molecule has 16 heavy (non-hydrogen) atoms. The molecule has 3 nitrogen and oxygen atoms in total. The zero-order valence-corrected chi connectivity index (χ0v) is 10.7. The minimum atomic E-state index is -0.0235. The summed E-state index contributed by atoms with van der Waals surface area (Å²) in [5.41, 5.74) is 2.09. The highest BCUT2D eigenvalue weighted by Gasteiger charge is 2.18. The molecule has 86 valence electrons. The highest BCUT2D eigenvalue weighted by Crippen LogP contribution is 2.22. The minimum absolute atomic E-state index is 0.0235. The van der Waals surface area contributed by atoms with Gasteiger partial charge in [-0.1, -0.05) is 13.8 Å². The van der Waals surface area contributed by atoms with Crippen molar-refractivity contribution in [3.05, 3.63) is 24.0 Å². The minimum Gasteiger partial charge on any atom is -0.242 e. The molecule has 2 aromatic rings. The third kappa shape index (κ3) is 1.82. The van der Waals surface area contributed by atoms with Gasteiger partial charge in [-0.05, 0) is 38.8 Å². The summed E-state index contributed by atoms with van der Waals surface area (Å²) in [7, 11) is 0. The first-order valence-electron chi connectivity index (χ1n) is 5.75. The molecule has 0 bridgehead atoms. The maximum Gasteiger partial charge on any atom is 0.158 e. The zero-order chi connectivity index (χ0) is 11.9. The summed E-state index contributed by atoms with van der Waals surface area (Å²) in [6.45, 7) is 10.7. The Balaban J connectivity index is 2.65. The Morgan fingerprint density at radius 1 is 1.19 bits per heavy atom. The van der Waals surface area contributed by atoms with Crippen molar-refractivity contribution in [2.45, 2.75) is 46.1 Å². The van der Waals surface area contributed by atoms with Crippen molar-refractivity contribution in [2.24, 2.45) is 0 Å². The standard InChI is InChI=1S/C13H19N3/c1-9(2)11-7-6-10-8-14-16(12(10)15-11)13(3,4)5/h6-9H,1-5H3. The molecule has 0 saturated carbocycles. The fourth-order valence-corrected chi connectivity index (χ4v) is 1.73. The Bertz CT molecular complexity index is 503. The summed E-state index contributed by atoms with van der Waals surface area (Å²) in [6, 6.07) is 4.19. The first kappa shape index (κ1) is 11.1. The molecule has 0 spiro atoms. The maximum atomic E-state index is 4.70. The number of hydrogen-bond acceptors (Lipinski definition) is 2. The molecule has 0 fully saturated rings. The summed E-state index contributed by atoms with van der Waals surface area (Å²) in [5.74, 6) is 0.452. The van der Waals surface area contributed by atoms with Gasteiger partial charge in [-0.25, -0.2) is 9.67 Å². The molecule has 2 heterocycles. The van der Waals surface area contributed by atoms with E-state index in [1.54, 1.807) is 0 Å². The lowest BCUT2D eigenvalue weighted by Crippen LogP contribution is -2.23. The summed E-state index contributed by atoms with van der Waals surface area (Å²) in [6.07, 6.45) is 1.89. The van der Waals surface area contributed by atoms with Crippen molar-refractivity contribution in [2.75, 3.05) is 0 Å². The van der Waals surface area contributed by atoms with Crippen LogP contribution in [-0.4, -0.2) is 14.8 Å². The van der Waals surface area contributed by atoms with Gasteiger partial charge in [0.25, 0.3) is 0 Å². The van der Waals surface area contributed by atoms with Crippen LogP contribution in [0.1, 0.15) is 46.2 Å². The van der Waals surface area contributed by atoms with E-state index in [9.17, 15) is 0 Å². The molecule has 0 aromatic carbocycles. The quantitative estimate of drug-likeness (QED) is 0.733. The van der Waals surface area contributed by atoms with E-state index in [4.69, 9.17) is 4.98 Å². The lowest BCUT2D eigenvalue weighted by Gasteiger charge is -2.20. The number of aromatic nitrogens is 3. The van der Waals surface area contributed by atoms with Crippen LogP contribution in [0.5, 0.6) is 0 Å². The van der Waals surface area contributed by atoms with Gasteiger partial charge in [-0.3, -0.25) is 0 Å². The van der Waals surface area contributed by atoms with Gasteiger partial charge in [0, 0.05) is 11.1 Å². The average Bonchev–Trinajstić information content (AvgIpc) is 2.58. The normalized spacial score (nSPS) is 12.6. The third-order valence-corrected chi connectivity index (χ3v) is 2.67. The van der Waals surface area contributed by atoms with E-state index < -0.39 is 0 Å². The second kappa shape index (κ2) is 3.58. The van der Waals surface area contributed by atoms with Crippen LogP contribution in [0.2, 0.25) is 0 Å². The van der Waals surface area contributed by atoms with Crippen LogP contribution < -0.4 is 0 Å². The van der Waals surface area contributed by atoms with Gasteiger partial charge in [0.15, 0.2) is 5.65 Å². The van der Waals surface area contributed by atoms with Crippen molar-refractivity contribution < 1.29 is 0 Å². The monoisotopic (exact) mass is 217 g/mol. The topological polar surface area (TPSA) is 30.7 Å². The molecule has 0 atom stereocenters. The molecule has 0 unspecified atom stereocenters. The number of fused-ring (bicyclic) bond motifs is 1. The van der Waals surface area contributed by atoms with Gasteiger partial charge in [0.1, 0.15) is 0 Å². The van der Waals surface area contributed by atoms with Crippen molar-refractivity contribution >= 4 is 11.0 Å². The Morgan fingerprint density at radius 3 is 2.44 bits per heavy atom. The first-order chi connectivity index (χ1) is 7.39. The number of pyridine rings is 1. The molecule has 0 saturated heterocycles. The maximum absolute atomic E-state index is 4.70. The number of rotatable bonds is 1. The molecule has 3 heteroatoms. The molecule has 0 radical (unpaired) electrons. The van der Waals surface area contributed by atoms with Crippen molar-refractivity contribution in [3.8, 4) is 0 Å². The van der Waals surface area contributed by atoms with Crippen molar-refractivity contribution in [1.82, 2.24) is 14.8 Å². The van der Waals surface area contributed by atoms with E-state index in [0.717, 1.165) is 16.7 Å². The second-order valence-corrected chi connectivity index (χ2v) is 5.53. The van der Waals surface area contributed by atoms with E-state index in [-0.39, 0.29) is 5.54 Å². The lowest BCUT2D eigenvalue weighted by atomic mass is 10.1. The van der Waals surface area contributed by atoms with Gasteiger partial charge in [-0.2, -0.15) is 5.10 Å². The Kier molecular flexibility index (Phi) is 2.49. The summed E-state index contributed by atoms with van der Waals surface area (Å²) >= 11 is 0. The van der Waals surface area contributed by atoms with Gasteiger partial charge in [0.2, 0.25) is 0 Å². The summed E-state index contributed by atoms with van der Waals surface area (Å²) in [5, 5.41) is 5.53. The van der Waals surface area contributed by atoms with E-state index >= 15 is 0 Å². The first-order valence-corrected chi connectivity index (χ1v) is 5.75. The summed E-state index contributed by atoms with van der Waals surface area (Å²) < 4.78 is 1.99. The lowest BCUT2D eigenvalue weighted by molar-refractivity contribution is 0.365. The van der Waals surface area contributed by atoms with Gasteiger partial charge in [0.05, 0.1) is 11.7 Å². The van der Waals surface area contributed by atoms with Crippen LogP contribution in [-0.2, 0) is 5.54 Å². The van der Waals surface area contributed by atoms with E-state index in [1.165, 1.54) is 0 Å². The smallest absolute Gasteiger partial charge is 0.158 e. The summed E-state index contributed by atoms with van der Waals surface area (Å²) in [4.78, 5) is 4.70. The average molecular weight is 217 g/mol. The third-order valence-electron chi connectivity index (χ3n) is 2.67. The Morgan fingerprint density at radius 2 is 1.88 bits per heavy atom. The molecule has 0 aliphatic carbocycles. The number of hydrogen-bond donors (Lipinski definition) is 0. The van der Waals surface area contributed by atoms with Gasteiger partial charge < -0.3 is 0 Å². The molecule has 2 rings (SSSR count). The molecule has 0 amide bonds. The highest BCUT2D eigenvalue weighted by molar-refractivity contribution is 5.74. The van der Waals surface area contributed by atoms with Crippen LogP contribution in [0.15, 0.2) is 18.3 Å². The van der Waals surface area contributed by atoms with E-state index in [0.29, 0.717) is 5.92 Å². The van der Waals surface area contributed by atoms with Crippen LogP contribution in [0, 0.1) is 0 Å². The van der Waals surface area contributed by atoms with E-state index in [1.807, 2.05) is 10.9 Å². The molecule has 2 aromatic heterocycles. The molecular weight excluding hydrogens is 198 g/mol. The highest BCUT2D eigenvalue weighted by atomic mass is 15.3. The predicted molar refractivity (Wildman–Crippen MR) is 66.6 cm³/mol. The van der Waals surface area contributed by atoms with E-state index in [2.05, 4.69) is 51.9 Å².